The molecular formula is C13H11FN6O3S. The number of aromatic nitrogens is 2. The van der Waals surface area contributed by atoms with Crippen molar-refractivity contribution in [2.45, 2.75) is 5.03 Å². The Labute approximate surface area is 139 Å². The van der Waals surface area contributed by atoms with E-state index in [4.69, 9.17) is 5.26 Å². The Bertz CT molecular complexity index is 816. The zero-order valence-electron chi connectivity index (χ0n) is 12.3. The summed E-state index contributed by atoms with van der Waals surface area (Å²) in [7, 11) is 1.49. The summed E-state index contributed by atoms with van der Waals surface area (Å²) in [5.74, 6) is -0.978. The average molecular weight is 350 g/mol. The normalized spacial score (nSPS) is 11.0. The van der Waals surface area contributed by atoms with E-state index in [2.05, 4.69) is 30.7 Å². The number of carbonyl (C=O) groups excluding carboxylic acids is 1. The Morgan fingerprint density at radius 3 is 3.00 bits per heavy atom. The van der Waals surface area contributed by atoms with Crippen LogP contribution in [0.15, 0.2) is 33.0 Å². The molecule has 1 amide bonds. The number of nitriles is 1. The molecule has 0 unspecified atom stereocenters. The van der Waals surface area contributed by atoms with Crippen LogP contribution in [0.3, 0.4) is 0 Å². The van der Waals surface area contributed by atoms with E-state index in [0.717, 1.165) is 17.8 Å². The Balaban J connectivity index is 2.20. The lowest BCUT2D eigenvalue weighted by atomic mass is 10.2. The molecule has 0 atom stereocenters. The number of benzene rings is 1. The summed E-state index contributed by atoms with van der Waals surface area (Å²) < 4.78 is 17.9. The van der Waals surface area contributed by atoms with Gasteiger partial charge in [0.25, 0.3) is 0 Å². The van der Waals surface area contributed by atoms with E-state index >= 15 is 0 Å². The third-order valence-electron chi connectivity index (χ3n) is 2.75. The maximum Gasteiger partial charge on any atom is 0.230 e. The number of rotatable bonds is 5. The highest BCUT2D eigenvalue weighted by Crippen LogP contribution is 2.21. The summed E-state index contributed by atoms with van der Waals surface area (Å²) in [6, 6.07) is 5.39. The summed E-state index contributed by atoms with van der Waals surface area (Å²) >= 11 is 1.03. The molecule has 1 aromatic heterocycles. The lowest BCUT2D eigenvalue weighted by Crippen LogP contribution is -2.20. The highest BCUT2D eigenvalue weighted by atomic mass is 32.2. The molecule has 0 radical (unpaired) electrons. The van der Waals surface area contributed by atoms with Crippen LogP contribution in [0.4, 0.5) is 10.1 Å². The van der Waals surface area contributed by atoms with Crippen LogP contribution in [0.2, 0.25) is 0 Å². The lowest BCUT2D eigenvalue weighted by Gasteiger charge is -2.07. The van der Waals surface area contributed by atoms with Crippen LogP contribution >= 0.6 is 11.8 Å². The molecule has 2 aromatic rings. The predicted molar refractivity (Wildman–Crippen MR) is 82.1 cm³/mol. The van der Waals surface area contributed by atoms with Gasteiger partial charge < -0.3 is 15.8 Å². The number of nitrogens with zero attached hydrogens (tertiary/aromatic N) is 4. The largest absolute Gasteiger partial charge is 0.409 e. The first-order chi connectivity index (χ1) is 11.6. The predicted octanol–water partition coefficient (Wildman–Crippen LogP) is 1.17. The van der Waals surface area contributed by atoms with Crippen LogP contribution in [0.5, 0.6) is 0 Å². The zero-order valence-corrected chi connectivity index (χ0v) is 13.1. The van der Waals surface area contributed by atoms with Crippen molar-refractivity contribution in [1.82, 2.24) is 15.6 Å². The first kappa shape index (κ1) is 17.2. The van der Waals surface area contributed by atoms with E-state index in [1.165, 1.54) is 19.2 Å². The topological polar surface area (TPSA) is 136 Å². The molecule has 0 aliphatic carbocycles. The van der Waals surface area contributed by atoms with Crippen LogP contribution < -0.4 is 10.6 Å². The number of anilines is 1. The summed E-state index contributed by atoms with van der Waals surface area (Å²) in [4.78, 5) is 11.3. The molecule has 3 N–H and O–H groups in total. The van der Waals surface area contributed by atoms with Gasteiger partial charge in [-0.2, -0.15) is 5.26 Å². The Morgan fingerprint density at radius 2 is 2.33 bits per heavy atom. The fraction of sp³-hybridized carbons (Fsp3) is 0.154. The van der Waals surface area contributed by atoms with Gasteiger partial charge in [-0.15, -0.1) is 0 Å². The summed E-state index contributed by atoms with van der Waals surface area (Å²) in [5.41, 5.74) is 0.185. The van der Waals surface area contributed by atoms with Gasteiger partial charge in [-0.25, -0.2) is 9.02 Å². The van der Waals surface area contributed by atoms with E-state index in [-0.39, 0.29) is 33.8 Å². The quantitative estimate of drug-likeness (QED) is 0.240. The van der Waals surface area contributed by atoms with Crippen LogP contribution in [0.1, 0.15) is 11.3 Å². The van der Waals surface area contributed by atoms with E-state index < -0.39 is 5.82 Å². The van der Waals surface area contributed by atoms with Crippen LogP contribution in [-0.4, -0.2) is 40.1 Å². The van der Waals surface area contributed by atoms with E-state index in [9.17, 15) is 14.4 Å². The summed E-state index contributed by atoms with van der Waals surface area (Å²) in [6.07, 6.45) is 0. The number of carbonyl (C=O) groups is 1. The summed E-state index contributed by atoms with van der Waals surface area (Å²) in [5, 5.41) is 33.7. The number of nitrogens with one attached hydrogen (secondary N) is 2. The molecule has 0 aliphatic heterocycles. The van der Waals surface area contributed by atoms with Gasteiger partial charge in [0.15, 0.2) is 10.7 Å². The van der Waals surface area contributed by atoms with Gasteiger partial charge >= 0.3 is 0 Å². The number of halogens is 1. The number of amides is 1. The third-order valence-corrected chi connectivity index (χ3v) is 3.70. The first-order valence-electron chi connectivity index (χ1n) is 6.44. The monoisotopic (exact) mass is 350 g/mol. The minimum absolute atomic E-state index is 0.0611. The lowest BCUT2D eigenvalue weighted by molar-refractivity contribution is -0.118. The standard InChI is InChI=1S/C13H11FN6O3S/c1-16-10(21)6-24-13-11(19-23-20-13)12(18-22)17-8-2-3-9(14)7(4-8)5-15/h2-4,22H,6H2,1H3,(H,16,21)(H,17,18). The number of hydrogen-bond donors (Lipinski definition) is 3. The van der Waals surface area contributed by atoms with Crippen molar-refractivity contribution < 1.29 is 19.0 Å². The molecule has 0 saturated carbocycles. The smallest absolute Gasteiger partial charge is 0.230 e. The van der Waals surface area contributed by atoms with Gasteiger partial charge in [0.2, 0.25) is 11.7 Å². The third kappa shape index (κ3) is 3.99. The molecule has 0 fully saturated rings. The fourth-order valence-electron chi connectivity index (χ4n) is 1.58. The van der Waals surface area contributed by atoms with E-state index in [1.807, 2.05) is 0 Å². The second-order valence-electron chi connectivity index (χ2n) is 4.26. The van der Waals surface area contributed by atoms with Crippen molar-refractivity contribution in [3.63, 3.8) is 0 Å². The number of oxime groups is 1. The van der Waals surface area contributed by atoms with Crippen LogP contribution in [0.25, 0.3) is 0 Å². The fourth-order valence-corrected chi connectivity index (χ4v) is 2.35. The maximum absolute atomic E-state index is 13.3. The molecule has 1 heterocycles. The minimum atomic E-state index is -0.671. The number of thioether (sulfide) groups is 1. The van der Waals surface area contributed by atoms with Crippen molar-refractivity contribution in [3.05, 3.63) is 35.3 Å². The molecule has 0 bridgehead atoms. The number of amidine groups is 1. The molecule has 0 spiro atoms. The molecule has 2 rings (SSSR count). The molecule has 0 aliphatic rings. The number of hydrogen-bond acceptors (Lipinski definition) is 8. The highest BCUT2D eigenvalue weighted by Gasteiger charge is 2.19. The van der Waals surface area contributed by atoms with Crippen molar-refractivity contribution in [3.8, 4) is 6.07 Å². The Morgan fingerprint density at radius 1 is 1.54 bits per heavy atom. The molecular weight excluding hydrogens is 339 g/mol. The minimum Gasteiger partial charge on any atom is -0.409 e. The van der Waals surface area contributed by atoms with Crippen molar-refractivity contribution in [2.75, 3.05) is 18.1 Å². The van der Waals surface area contributed by atoms with Gasteiger partial charge in [0.05, 0.1) is 11.3 Å². The van der Waals surface area contributed by atoms with Gasteiger partial charge in [0.1, 0.15) is 11.9 Å². The van der Waals surface area contributed by atoms with Crippen molar-refractivity contribution >= 4 is 29.2 Å². The SMILES string of the molecule is CNC(=O)CSc1nonc1/C(=N/O)Nc1ccc(F)c(C#N)c1. The second-order valence-corrected chi connectivity index (χ2v) is 5.22. The molecule has 11 heteroatoms. The molecule has 1 aromatic carbocycles. The van der Waals surface area contributed by atoms with Gasteiger partial charge in [-0.05, 0) is 28.5 Å². The molecule has 0 saturated heterocycles. The van der Waals surface area contributed by atoms with E-state index in [0.29, 0.717) is 5.69 Å². The summed E-state index contributed by atoms with van der Waals surface area (Å²) in [6.45, 7) is 0. The van der Waals surface area contributed by atoms with Gasteiger partial charge in [-0.3, -0.25) is 4.79 Å². The van der Waals surface area contributed by atoms with Crippen molar-refractivity contribution in [1.29, 1.82) is 5.26 Å². The van der Waals surface area contributed by atoms with Gasteiger partial charge in [-0.1, -0.05) is 16.9 Å². The van der Waals surface area contributed by atoms with Crippen LogP contribution in [-0.2, 0) is 4.79 Å². The Hall–Kier alpha value is -3.13. The second kappa shape index (κ2) is 7.93. The average Bonchev–Trinajstić information content (AvgIpc) is 3.07. The Kier molecular flexibility index (Phi) is 5.69. The van der Waals surface area contributed by atoms with Gasteiger partial charge in [0, 0.05) is 12.7 Å². The van der Waals surface area contributed by atoms with Crippen molar-refractivity contribution in [2.24, 2.45) is 5.16 Å². The first-order valence-corrected chi connectivity index (χ1v) is 7.42. The molecule has 24 heavy (non-hydrogen) atoms. The maximum atomic E-state index is 13.3. The highest BCUT2D eigenvalue weighted by molar-refractivity contribution is 8.00. The van der Waals surface area contributed by atoms with E-state index in [1.54, 1.807) is 6.07 Å². The molecule has 124 valence electrons. The van der Waals surface area contributed by atoms with Crippen LogP contribution in [0, 0.1) is 17.1 Å². The molecule has 9 nitrogen and oxygen atoms in total. The zero-order chi connectivity index (χ0) is 17.5.